The summed E-state index contributed by atoms with van der Waals surface area (Å²) < 4.78 is 6.73. The van der Waals surface area contributed by atoms with Crippen molar-refractivity contribution in [3.63, 3.8) is 0 Å². The molecule has 2 spiro atoms. The van der Waals surface area contributed by atoms with Crippen molar-refractivity contribution in [3.05, 3.63) is 35.9 Å². The molecule has 0 amide bonds. The average Bonchev–Trinajstić information content (AvgIpc) is 2.95. The van der Waals surface area contributed by atoms with Gasteiger partial charge in [-0.15, -0.1) is 0 Å². The molecule has 4 fully saturated rings. The van der Waals surface area contributed by atoms with Crippen LogP contribution in [0.1, 0.15) is 75.7 Å². The fraction of sp³-hybridized carbons (Fsp3) is 0.714. The predicted octanol–water partition coefficient (Wildman–Crippen LogP) is 5.32. The standard InChI is InChI=1S/C21H28O3/c1-2-6-16(7-3-1)17-12-14-20(15-13-17)22-21(24-23-20)18-8-4-9-19(21)11-5-10-18/h1-3,6-7,17-19H,4-5,8-15H2. The molecule has 1 heterocycles. The zero-order valence-electron chi connectivity index (χ0n) is 14.4. The Hall–Kier alpha value is -0.900. The van der Waals surface area contributed by atoms with Gasteiger partial charge < -0.3 is 4.74 Å². The van der Waals surface area contributed by atoms with Crippen molar-refractivity contribution < 1.29 is 14.5 Å². The maximum atomic E-state index is 6.73. The molecule has 24 heavy (non-hydrogen) atoms. The minimum absolute atomic E-state index is 0.421. The van der Waals surface area contributed by atoms with Crippen molar-refractivity contribution in [2.24, 2.45) is 11.8 Å². The molecule has 0 aromatic heterocycles. The summed E-state index contributed by atoms with van der Waals surface area (Å²) in [5.74, 6) is 0.811. The number of benzene rings is 1. The van der Waals surface area contributed by atoms with E-state index in [-0.39, 0.29) is 0 Å². The van der Waals surface area contributed by atoms with Gasteiger partial charge in [-0.05, 0) is 50.0 Å². The lowest BCUT2D eigenvalue weighted by atomic mass is 9.67. The Morgan fingerprint density at radius 2 is 1.38 bits per heavy atom. The third-order valence-corrected chi connectivity index (χ3v) is 7.04. The Labute approximate surface area is 144 Å². The van der Waals surface area contributed by atoms with Gasteiger partial charge >= 0.3 is 0 Å². The summed E-state index contributed by atoms with van der Waals surface area (Å²) in [4.78, 5) is 12.0. The van der Waals surface area contributed by atoms with Crippen LogP contribution in [0.5, 0.6) is 0 Å². The van der Waals surface area contributed by atoms with Crippen molar-refractivity contribution in [3.8, 4) is 0 Å². The van der Waals surface area contributed by atoms with Crippen LogP contribution in [0.2, 0.25) is 0 Å². The first-order chi connectivity index (χ1) is 11.8. The summed E-state index contributed by atoms with van der Waals surface area (Å²) in [6, 6.07) is 10.9. The van der Waals surface area contributed by atoms with E-state index in [2.05, 4.69) is 30.3 Å². The van der Waals surface area contributed by atoms with Crippen molar-refractivity contribution in [2.45, 2.75) is 81.7 Å². The Bertz CT molecular complexity index is 554. The van der Waals surface area contributed by atoms with E-state index in [4.69, 9.17) is 14.5 Å². The summed E-state index contributed by atoms with van der Waals surface area (Å²) in [6.07, 6.45) is 11.8. The minimum Gasteiger partial charge on any atom is -0.312 e. The highest BCUT2D eigenvalue weighted by Crippen LogP contribution is 2.57. The summed E-state index contributed by atoms with van der Waals surface area (Å²) in [6.45, 7) is 0. The zero-order valence-corrected chi connectivity index (χ0v) is 14.4. The molecule has 0 radical (unpaired) electrons. The molecule has 3 nitrogen and oxygen atoms in total. The van der Waals surface area contributed by atoms with Crippen LogP contribution < -0.4 is 0 Å². The largest absolute Gasteiger partial charge is 0.312 e. The van der Waals surface area contributed by atoms with Crippen LogP contribution in [0.25, 0.3) is 0 Å². The molecule has 5 rings (SSSR count). The summed E-state index contributed by atoms with van der Waals surface area (Å²) in [7, 11) is 0. The van der Waals surface area contributed by atoms with Crippen LogP contribution in [0.3, 0.4) is 0 Å². The Morgan fingerprint density at radius 3 is 2.00 bits per heavy atom. The highest BCUT2D eigenvalue weighted by atomic mass is 17.3. The van der Waals surface area contributed by atoms with Gasteiger partial charge in [0.2, 0.25) is 11.6 Å². The quantitative estimate of drug-likeness (QED) is 0.653. The van der Waals surface area contributed by atoms with E-state index in [1.807, 2.05) is 0 Å². The highest BCUT2D eigenvalue weighted by Gasteiger charge is 2.62. The number of hydrogen-bond donors (Lipinski definition) is 0. The Kier molecular flexibility index (Phi) is 3.73. The topological polar surface area (TPSA) is 27.7 Å². The van der Waals surface area contributed by atoms with Crippen molar-refractivity contribution >= 4 is 0 Å². The van der Waals surface area contributed by atoms with E-state index < -0.39 is 11.6 Å². The van der Waals surface area contributed by atoms with Crippen molar-refractivity contribution in [2.75, 3.05) is 0 Å². The molecule has 0 N–H and O–H groups in total. The average molecular weight is 328 g/mol. The molecular formula is C21H28O3. The van der Waals surface area contributed by atoms with Gasteiger partial charge in [-0.3, -0.25) is 0 Å². The second-order valence-electron chi connectivity index (χ2n) is 8.34. The second-order valence-corrected chi connectivity index (χ2v) is 8.34. The lowest BCUT2D eigenvalue weighted by molar-refractivity contribution is -0.381. The van der Waals surface area contributed by atoms with E-state index >= 15 is 0 Å². The maximum absolute atomic E-state index is 6.73. The lowest BCUT2D eigenvalue weighted by Gasteiger charge is -2.48. The molecule has 0 unspecified atom stereocenters. The van der Waals surface area contributed by atoms with Gasteiger partial charge in [0, 0.05) is 24.7 Å². The van der Waals surface area contributed by atoms with Crippen LogP contribution in [0.4, 0.5) is 0 Å². The number of ether oxygens (including phenoxy) is 1. The molecule has 1 aromatic rings. The van der Waals surface area contributed by atoms with Crippen LogP contribution in [0.15, 0.2) is 30.3 Å². The Morgan fingerprint density at radius 1 is 0.750 bits per heavy atom. The summed E-state index contributed by atoms with van der Waals surface area (Å²) >= 11 is 0. The van der Waals surface area contributed by atoms with E-state index in [1.165, 1.54) is 44.1 Å². The van der Waals surface area contributed by atoms with E-state index in [0.717, 1.165) is 25.7 Å². The molecule has 2 bridgehead atoms. The molecular weight excluding hydrogens is 300 g/mol. The molecule has 1 saturated heterocycles. The third kappa shape index (κ3) is 2.36. The molecule has 1 aromatic carbocycles. The highest BCUT2D eigenvalue weighted by molar-refractivity contribution is 5.20. The molecule has 0 atom stereocenters. The molecule has 130 valence electrons. The fourth-order valence-electron chi connectivity index (χ4n) is 5.72. The van der Waals surface area contributed by atoms with Gasteiger partial charge in [0.25, 0.3) is 0 Å². The van der Waals surface area contributed by atoms with Crippen LogP contribution in [0, 0.1) is 11.8 Å². The number of rotatable bonds is 1. The van der Waals surface area contributed by atoms with E-state index in [0.29, 0.717) is 17.8 Å². The molecule has 4 aliphatic rings. The van der Waals surface area contributed by atoms with Gasteiger partial charge in [-0.25, -0.2) is 0 Å². The van der Waals surface area contributed by atoms with E-state index in [9.17, 15) is 0 Å². The molecule has 3 saturated carbocycles. The Balaban J connectivity index is 1.31. The number of hydrogen-bond acceptors (Lipinski definition) is 3. The second kappa shape index (κ2) is 5.82. The smallest absolute Gasteiger partial charge is 0.210 e. The molecule has 3 heteroatoms. The van der Waals surface area contributed by atoms with Crippen LogP contribution >= 0.6 is 0 Å². The van der Waals surface area contributed by atoms with Gasteiger partial charge in [0.15, 0.2) is 0 Å². The van der Waals surface area contributed by atoms with Gasteiger partial charge in [-0.1, -0.05) is 43.2 Å². The maximum Gasteiger partial charge on any atom is 0.210 e. The van der Waals surface area contributed by atoms with Crippen LogP contribution in [-0.2, 0) is 14.5 Å². The van der Waals surface area contributed by atoms with Crippen LogP contribution in [-0.4, -0.2) is 11.6 Å². The SMILES string of the molecule is c1ccc(C2CCC3(CC2)OOC2(O3)C3CCCC2CCC3)cc1. The first-order valence-electron chi connectivity index (χ1n) is 9.92. The zero-order chi connectivity index (χ0) is 16.0. The van der Waals surface area contributed by atoms with Gasteiger partial charge in [0.1, 0.15) is 0 Å². The van der Waals surface area contributed by atoms with Crippen molar-refractivity contribution in [1.82, 2.24) is 0 Å². The lowest BCUT2D eigenvalue weighted by Crippen LogP contribution is -2.53. The normalized spacial score (nSPS) is 44.9. The van der Waals surface area contributed by atoms with Gasteiger partial charge in [-0.2, -0.15) is 9.78 Å². The predicted molar refractivity (Wildman–Crippen MR) is 91.1 cm³/mol. The van der Waals surface area contributed by atoms with E-state index in [1.54, 1.807) is 0 Å². The van der Waals surface area contributed by atoms with Gasteiger partial charge in [0.05, 0.1) is 0 Å². The summed E-state index contributed by atoms with van der Waals surface area (Å²) in [5.41, 5.74) is 1.45. The van der Waals surface area contributed by atoms with Crippen molar-refractivity contribution in [1.29, 1.82) is 0 Å². The fourth-order valence-corrected chi connectivity index (χ4v) is 5.72. The third-order valence-electron chi connectivity index (χ3n) is 7.04. The minimum atomic E-state index is -0.476. The first kappa shape index (κ1) is 15.4. The molecule has 3 aliphatic carbocycles. The monoisotopic (exact) mass is 328 g/mol. The molecule has 1 aliphatic heterocycles. The first-order valence-corrected chi connectivity index (χ1v) is 9.92. The summed E-state index contributed by atoms with van der Waals surface area (Å²) in [5, 5.41) is 0.